The quantitative estimate of drug-likeness (QED) is 0.246. The number of hydrogen-bond acceptors (Lipinski definition) is 7. The SMILES string of the molecule is Cc1cccn2c(=O)c3cc(C#N)c(=NC(=O)c4cccc([N+](=O)[O-])c4)n(C[C@H]4CCCO4)c3nc12. The van der Waals surface area contributed by atoms with E-state index in [1.54, 1.807) is 16.8 Å². The molecule has 0 saturated carbocycles. The lowest BCUT2D eigenvalue weighted by atomic mass is 10.1. The number of amides is 1. The van der Waals surface area contributed by atoms with Gasteiger partial charge in [-0.15, -0.1) is 0 Å². The van der Waals surface area contributed by atoms with Gasteiger partial charge in [-0.2, -0.15) is 10.3 Å². The third-order valence-electron chi connectivity index (χ3n) is 6.15. The Kier molecular flexibility index (Phi) is 5.87. The van der Waals surface area contributed by atoms with Gasteiger partial charge < -0.3 is 9.30 Å². The monoisotopic (exact) mass is 484 g/mol. The number of rotatable bonds is 4. The standard InChI is InChI=1S/C25H20N6O5/c1-15-5-3-9-29-21(15)27-23-20(25(29)33)12-17(13-26)22(30(23)14-19-8-4-10-36-19)28-24(32)16-6-2-7-18(11-16)31(34)35/h2-3,5-7,9,11-12,19H,4,8,10,14H2,1H3/t19-/m1/s1. The molecule has 1 aliphatic heterocycles. The van der Waals surface area contributed by atoms with Gasteiger partial charge in [0.25, 0.3) is 17.2 Å². The van der Waals surface area contributed by atoms with Crippen molar-refractivity contribution in [2.75, 3.05) is 6.61 Å². The molecule has 4 heterocycles. The van der Waals surface area contributed by atoms with Gasteiger partial charge in [0.15, 0.2) is 5.49 Å². The Morgan fingerprint density at radius 1 is 1.31 bits per heavy atom. The van der Waals surface area contributed by atoms with Crippen LogP contribution in [-0.2, 0) is 11.3 Å². The number of nitro benzene ring substituents is 1. The molecular formula is C25H20N6O5. The van der Waals surface area contributed by atoms with E-state index >= 15 is 0 Å². The molecule has 0 radical (unpaired) electrons. The molecule has 180 valence electrons. The Bertz CT molecular complexity index is 1720. The van der Waals surface area contributed by atoms with Gasteiger partial charge in [0.2, 0.25) is 0 Å². The van der Waals surface area contributed by atoms with Crippen molar-refractivity contribution < 1.29 is 14.5 Å². The minimum atomic E-state index is -0.760. The maximum atomic E-state index is 13.4. The van der Waals surface area contributed by atoms with Crippen LogP contribution in [0.1, 0.15) is 34.3 Å². The molecule has 0 unspecified atom stereocenters. The lowest BCUT2D eigenvalue weighted by Crippen LogP contribution is -2.33. The summed E-state index contributed by atoms with van der Waals surface area (Å²) in [6.07, 6.45) is 3.01. The maximum Gasteiger partial charge on any atom is 0.279 e. The number of benzene rings is 1. The number of nitriles is 1. The Hall–Kier alpha value is -4.69. The highest BCUT2D eigenvalue weighted by atomic mass is 16.6. The predicted molar refractivity (Wildman–Crippen MR) is 128 cm³/mol. The molecule has 3 aromatic heterocycles. The maximum absolute atomic E-state index is 13.4. The van der Waals surface area contributed by atoms with E-state index in [4.69, 9.17) is 9.72 Å². The molecular weight excluding hydrogens is 464 g/mol. The van der Waals surface area contributed by atoms with Crippen molar-refractivity contribution in [3.8, 4) is 6.07 Å². The zero-order valence-corrected chi connectivity index (χ0v) is 19.2. The lowest BCUT2D eigenvalue weighted by molar-refractivity contribution is -0.384. The molecule has 1 atom stereocenters. The fourth-order valence-corrected chi connectivity index (χ4v) is 4.37. The summed E-state index contributed by atoms with van der Waals surface area (Å²) in [6, 6.07) is 12.2. The van der Waals surface area contributed by atoms with Crippen molar-refractivity contribution >= 4 is 28.3 Å². The number of fused-ring (bicyclic) bond motifs is 2. The normalized spacial score (nSPS) is 15.9. The van der Waals surface area contributed by atoms with Crippen molar-refractivity contribution in [1.82, 2.24) is 14.0 Å². The first-order valence-electron chi connectivity index (χ1n) is 11.3. The lowest BCUT2D eigenvalue weighted by Gasteiger charge is -2.17. The van der Waals surface area contributed by atoms with E-state index < -0.39 is 10.8 Å². The topological polar surface area (TPSA) is 145 Å². The first kappa shape index (κ1) is 23.1. The molecule has 4 aromatic rings. The number of hydrogen-bond donors (Lipinski definition) is 0. The van der Waals surface area contributed by atoms with Gasteiger partial charge in [-0.1, -0.05) is 12.1 Å². The van der Waals surface area contributed by atoms with Crippen molar-refractivity contribution in [3.05, 3.63) is 91.3 Å². The number of non-ortho nitro benzene ring substituents is 1. The summed E-state index contributed by atoms with van der Waals surface area (Å²) in [7, 11) is 0. The minimum absolute atomic E-state index is 0.000706. The van der Waals surface area contributed by atoms with E-state index in [9.17, 15) is 25.0 Å². The summed E-state index contributed by atoms with van der Waals surface area (Å²) in [5, 5.41) is 21.3. The zero-order chi connectivity index (χ0) is 25.4. The van der Waals surface area contributed by atoms with Crippen LogP contribution < -0.4 is 11.0 Å². The number of aromatic nitrogens is 3. The molecule has 1 saturated heterocycles. The summed E-state index contributed by atoms with van der Waals surface area (Å²) in [6.45, 7) is 2.64. The highest BCUT2D eigenvalue weighted by Crippen LogP contribution is 2.18. The summed E-state index contributed by atoms with van der Waals surface area (Å²) < 4.78 is 8.78. The van der Waals surface area contributed by atoms with Crippen LogP contribution >= 0.6 is 0 Å². The van der Waals surface area contributed by atoms with Crippen LogP contribution in [0.4, 0.5) is 5.69 Å². The van der Waals surface area contributed by atoms with E-state index in [1.807, 2.05) is 19.1 Å². The summed E-state index contributed by atoms with van der Waals surface area (Å²) >= 11 is 0. The second kappa shape index (κ2) is 9.16. The van der Waals surface area contributed by atoms with Gasteiger partial charge in [-0.3, -0.25) is 24.1 Å². The van der Waals surface area contributed by atoms with Crippen molar-refractivity contribution in [3.63, 3.8) is 0 Å². The fourth-order valence-electron chi connectivity index (χ4n) is 4.37. The number of carbonyl (C=O) groups is 1. The second-order valence-electron chi connectivity index (χ2n) is 8.50. The van der Waals surface area contributed by atoms with Gasteiger partial charge >= 0.3 is 0 Å². The van der Waals surface area contributed by atoms with Crippen LogP contribution in [0.5, 0.6) is 0 Å². The number of nitro groups is 1. The van der Waals surface area contributed by atoms with Gasteiger partial charge in [0.05, 0.1) is 28.5 Å². The number of nitrogens with zero attached hydrogens (tertiary/aromatic N) is 6. The highest BCUT2D eigenvalue weighted by molar-refractivity contribution is 5.95. The number of pyridine rings is 2. The van der Waals surface area contributed by atoms with E-state index in [2.05, 4.69) is 4.99 Å². The minimum Gasteiger partial charge on any atom is -0.376 e. The Morgan fingerprint density at radius 2 is 2.14 bits per heavy atom. The summed E-state index contributed by atoms with van der Waals surface area (Å²) in [4.78, 5) is 45.9. The van der Waals surface area contributed by atoms with Crippen LogP contribution in [0.25, 0.3) is 16.7 Å². The Balaban J connectivity index is 1.82. The Labute approximate surface area is 203 Å². The smallest absolute Gasteiger partial charge is 0.279 e. The highest BCUT2D eigenvalue weighted by Gasteiger charge is 2.22. The van der Waals surface area contributed by atoms with Crippen molar-refractivity contribution in [1.29, 1.82) is 5.26 Å². The van der Waals surface area contributed by atoms with Crippen molar-refractivity contribution in [2.24, 2.45) is 4.99 Å². The number of aryl methyl sites for hydroxylation is 1. The molecule has 1 aliphatic rings. The molecule has 11 heteroatoms. The zero-order valence-electron chi connectivity index (χ0n) is 19.2. The molecule has 1 fully saturated rings. The largest absolute Gasteiger partial charge is 0.376 e. The fraction of sp³-hybridized carbons (Fsp3) is 0.240. The van der Waals surface area contributed by atoms with E-state index in [0.717, 1.165) is 24.5 Å². The molecule has 11 nitrogen and oxygen atoms in total. The second-order valence-corrected chi connectivity index (χ2v) is 8.50. The van der Waals surface area contributed by atoms with Gasteiger partial charge in [-0.25, -0.2) is 4.98 Å². The molecule has 0 N–H and O–H groups in total. The van der Waals surface area contributed by atoms with Crippen LogP contribution in [0.2, 0.25) is 0 Å². The van der Waals surface area contributed by atoms with Crippen LogP contribution in [0.15, 0.2) is 58.4 Å². The first-order valence-corrected chi connectivity index (χ1v) is 11.3. The van der Waals surface area contributed by atoms with E-state index in [0.29, 0.717) is 12.3 Å². The molecule has 5 rings (SSSR count). The molecule has 1 amide bonds. The Morgan fingerprint density at radius 3 is 2.86 bits per heavy atom. The van der Waals surface area contributed by atoms with Crippen molar-refractivity contribution in [2.45, 2.75) is 32.4 Å². The number of carbonyl (C=O) groups excluding carboxylic acids is 1. The van der Waals surface area contributed by atoms with Gasteiger partial charge in [-0.05, 0) is 43.5 Å². The molecule has 0 aliphatic carbocycles. The third kappa shape index (κ3) is 4.03. The number of ether oxygens (including phenoxy) is 1. The molecule has 0 bridgehead atoms. The average molecular weight is 484 g/mol. The first-order chi connectivity index (χ1) is 17.4. The molecule has 0 spiro atoms. The summed E-state index contributed by atoms with van der Waals surface area (Å²) in [5.74, 6) is -0.760. The molecule has 1 aromatic carbocycles. The molecule has 36 heavy (non-hydrogen) atoms. The van der Waals surface area contributed by atoms with Crippen LogP contribution in [-0.4, -0.2) is 37.5 Å². The van der Waals surface area contributed by atoms with E-state index in [1.165, 1.54) is 28.7 Å². The van der Waals surface area contributed by atoms with Gasteiger partial charge in [0, 0.05) is 30.5 Å². The van der Waals surface area contributed by atoms with Crippen LogP contribution in [0.3, 0.4) is 0 Å². The van der Waals surface area contributed by atoms with E-state index in [-0.39, 0.29) is 51.5 Å². The van der Waals surface area contributed by atoms with Crippen LogP contribution in [0, 0.1) is 28.4 Å². The average Bonchev–Trinajstić information content (AvgIpc) is 3.39. The van der Waals surface area contributed by atoms with Gasteiger partial charge in [0.1, 0.15) is 17.4 Å². The third-order valence-corrected chi connectivity index (χ3v) is 6.15. The summed E-state index contributed by atoms with van der Waals surface area (Å²) in [5.41, 5.74) is 0.903. The predicted octanol–water partition coefficient (Wildman–Crippen LogP) is 2.66.